The van der Waals surface area contributed by atoms with Crippen LogP contribution in [0.1, 0.15) is 24.3 Å². The highest BCUT2D eigenvalue weighted by molar-refractivity contribution is 7.87. The van der Waals surface area contributed by atoms with Crippen LogP contribution in [0, 0.1) is 0 Å². The summed E-state index contributed by atoms with van der Waals surface area (Å²) in [4.78, 5) is 0. The molecule has 1 aromatic rings. The van der Waals surface area contributed by atoms with Gasteiger partial charge >= 0.3 is 15.6 Å². The molecule has 0 amide bonds. The number of rotatable bonds is 3. The molecular formula is C12H10ClF3O3S. The predicted molar refractivity (Wildman–Crippen MR) is 67.6 cm³/mol. The van der Waals surface area contributed by atoms with Crippen molar-refractivity contribution in [3.8, 4) is 0 Å². The van der Waals surface area contributed by atoms with Crippen LogP contribution in [0.25, 0.3) is 0 Å². The Labute approximate surface area is 119 Å². The van der Waals surface area contributed by atoms with Gasteiger partial charge in [0, 0.05) is 11.4 Å². The fourth-order valence-electron chi connectivity index (χ4n) is 1.95. The minimum absolute atomic E-state index is 0.0929. The SMILES string of the molecule is O=S(=O)(OC1=CCC(c2cccc(Cl)c2)C1)C(F)(F)F. The second-order valence-corrected chi connectivity index (χ2v) is 6.32. The largest absolute Gasteiger partial charge is 0.534 e. The minimum Gasteiger partial charge on any atom is -0.381 e. The van der Waals surface area contributed by atoms with Gasteiger partial charge in [0.15, 0.2) is 0 Å². The van der Waals surface area contributed by atoms with Gasteiger partial charge in [-0.2, -0.15) is 21.6 Å². The lowest BCUT2D eigenvalue weighted by atomic mass is 9.97. The number of hydrogen-bond donors (Lipinski definition) is 0. The molecule has 0 N–H and O–H groups in total. The molecule has 0 spiro atoms. The molecule has 0 radical (unpaired) electrons. The van der Waals surface area contributed by atoms with E-state index in [1.54, 1.807) is 24.3 Å². The molecule has 0 saturated heterocycles. The molecule has 3 nitrogen and oxygen atoms in total. The van der Waals surface area contributed by atoms with Crippen molar-refractivity contribution in [2.45, 2.75) is 24.3 Å². The van der Waals surface area contributed by atoms with Gasteiger partial charge in [-0.15, -0.1) is 0 Å². The summed E-state index contributed by atoms with van der Waals surface area (Å²) in [6.45, 7) is 0. The van der Waals surface area contributed by atoms with Crippen molar-refractivity contribution in [2.24, 2.45) is 0 Å². The summed E-state index contributed by atoms with van der Waals surface area (Å²) >= 11 is 5.83. The third kappa shape index (κ3) is 3.27. The van der Waals surface area contributed by atoms with Crippen LogP contribution in [0.5, 0.6) is 0 Å². The number of hydrogen-bond acceptors (Lipinski definition) is 3. The third-order valence-corrected chi connectivity index (χ3v) is 4.13. The molecule has 1 atom stereocenters. The molecule has 1 aliphatic carbocycles. The Hall–Kier alpha value is -1.21. The van der Waals surface area contributed by atoms with E-state index in [1.807, 2.05) is 0 Å². The maximum Gasteiger partial charge on any atom is 0.534 e. The van der Waals surface area contributed by atoms with Crippen LogP contribution >= 0.6 is 11.6 Å². The maximum absolute atomic E-state index is 12.2. The molecule has 0 aliphatic heterocycles. The average molecular weight is 327 g/mol. The van der Waals surface area contributed by atoms with E-state index in [1.165, 1.54) is 6.08 Å². The molecule has 0 heterocycles. The molecule has 110 valence electrons. The van der Waals surface area contributed by atoms with Crippen LogP contribution in [0.3, 0.4) is 0 Å². The Morgan fingerprint density at radius 1 is 1.30 bits per heavy atom. The monoisotopic (exact) mass is 326 g/mol. The van der Waals surface area contributed by atoms with Gasteiger partial charge < -0.3 is 4.18 Å². The first-order valence-corrected chi connectivity index (χ1v) is 7.43. The summed E-state index contributed by atoms with van der Waals surface area (Å²) in [5.74, 6) is -0.320. The zero-order valence-corrected chi connectivity index (χ0v) is 11.6. The van der Waals surface area contributed by atoms with Crippen molar-refractivity contribution in [3.05, 3.63) is 46.7 Å². The summed E-state index contributed by atoms with van der Waals surface area (Å²) in [7, 11) is -5.59. The smallest absolute Gasteiger partial charge is 0.381 e. The quantitative estimate of drug-likeness (QED) is 0.623. The molecule has 1 aromatic carbocycles. The van der Waals surface area contributed by atoms with Gasteiger partial charge in [0.05, 0.1) is 0 Å². The van der Waals surface area contributed by atoms with E-state index in [0.717, 1.165) is 5.56 Å². The lowest BCUT2D eigenvalue weighted by Gasteiger charge is -2.12. The second kappa shape index (κ2) is 5.29. The molecule has 0 fully saturated rings. The molecular weight excluding hydrogens is 317 g/mol. The van der Waals surface area contributed by atoms with Gasteiger partial charge in [0.25, 0.3) is 0 Å². The van der Waals surface area contributed by atoms with Crippen LogP contribution in [-0.2, 0) is 14.3 Å². The number of halogens is 4. The van der Waals surface area contributed by atoms with E-state index < -0.39 is 15.6 Å². The second-order valence-electron chi connectivity index (χ2n) is 4.35. The lowest BCUT2D eigenvalue weighted by Crippen LogP contribution is -2.25. The zero-order valence-electron chi connectivity index (χ0n) is 10.0. The standard InChI is InChI=1S/C12H10ClF3O3S/c13-10-3-1-2-8(6-10)9-4-5-11(7-9)19-20(17,18)12(14,15)16/h1-3,5-6,9H,4,7H2. The van der Waals surface area contributed by atoms with Crippen LogP contribution in [-0.4, -0.2) is 13.9 Å². The fourth-order valence-corrected chi connectivity index (χ4v) is 2.67. The van der Waals surface area contributed by atoms with E-state index in [2.05, 4.69) is 4.18 Å². The number of alkyl halides is 3. The normalized spacial score (nSPS) is 19.8. The highest BCUT2D eigenvalue weighted by atomic mass is 35.5. The number of benzene rings is 1. The maximum atomic E-state index is 12.2. The van der Waals surface area contributed by atoms with Gasteiger partial charge in [0.2, 0.25) is 0 Å². The van der Waals surface area contributed by atoms with Crippen molar-refractivity contribution < 1.29 is 25.8 Å². The molecule has 2 rings (SSSR count). The average Bonchev–Trinajstić information content (AvgIpc) is 2.75. The number of allylic oxidation sites excluding steroid dienone is 2. The molecule has 8 heteroatoms. The van der Waals surface area contributed by atoms with Crippen LogP contribution in [0.15, 0.2) is 36.1 Å². The first-order chi connectivity index (χ1) is 9.19. The highest BCUT2D eigenvalue weighted by Crippen LogP contribution is 2.37. The molecule has 0 bridgehead atoms. The Morgan fingerprint density at radius 3 is 2.60 bits per heavy atom. The van der Waals surface area contributed by atoms with Crippen LogP contribution in [0.4, 0.5) is 13.2 Å². The van der Waals surface area contributed by atoms with Crippen molar-refractivity contribution >= 4 is 21.7 Å². The Balaban J connectivity index is 2.06. The van der Waals surface area contributed by atoms with Crippen LogP contribution < -0.4 is 0 Å². The minimum atomic E-state index is -5.59. The first-order valence-electron chi connectivity index (χ1n) is 5.64. The van der Waals surface area contributed by atoms with Gasteiger partial charge in [-0.1, -0.05) is 23.7 Å². The van der Waals surface area contributed by atoms with Gasteiger partial charge in [0.1, 0.15) is 5.76 Å². The summed E-state index contributed by atoms with van der Waals surface area (Å²) in [5, 5.41) is 0.514. The molecule has 1 unspecified atom stereocenters. The van der Waals surface area contributed by atoms with E-state index in [0.29, 0.717) is 11.4 Å². The van der Waals surface area contributed by atoms with Crippen molar-refractivity contribution in [1.82, 2.24) is 0 Å². The predicted octanol–water partition coefficient (Wildman–Crippen LogP) is 3.97. The van der Waals surface area contributed by atoms with Crippen LogP contribution in [0.2, 0.25) is 5.02 Å². The van der Waals surface area contributed by atoms with Crippen molar-refractivity contribution in [1.29, 1.82) is 0 Å². The van der Waals surface area contributed by atoms with Crippen molar-refractivity contribution in [3.63, 3.8) is 0 Å². The lowest BCUT2D eigenvalue weighted by molar-refractivity contribution is -0.0523. The molecule has 0 aromatic heterocycles. The topological polar surface area (TPSA) is 43.4 Å². The Kier molecular flexibility index (Phi) is 4.02. The Bertz CT molecular complexity index is 638. The van der Waals surface area contributed by atoms with E-state index in [-0.39, 0.29) is 18.1 Å². The third-order valence-electron chi connectivity index (χ3n) is 2.90. The highest BCUT2D eigenvalue weighted by Gasteiger charge is 2.49. The van der Waals surface area contributed by atoms with Crippen molar-refractivity contribution in [2.75, 3.05) is 0 Å². The Morgan fingerprint density at radius 2 is 2.00 bits per heavy atom. The molecule has 0 saturated carbocycles. The summed E-state index contributed by atoms with van der Waals surface area (Å²) in [5.41, 5.74) is -4.58. The van der Waals surface area contributed by atoms with E-state index in [9.17, 15) is 21.6 Å². The van der Waals surface area contributed by atoms with E-state index in [4.69, 9.17) is 11.6 Å². The summed E-state index contributed by atoms with van der Waals surface area (Å²) in [6, 6.07) is 6.88. The fraction of sp³-hybridized carbons (Fsp3) is 0.333. The zero-order chi connectivity index (χ0) is 15.0. The molecule has 20 heavy (non-hydrogen) atoms. The first kappa shape index (κ1) is 15.2. The van der Waals surface area contributed by atoms with Gasteiger partial charge in [-0.3, -0.25) is 0 Å². The summed E-state index contributed by atoms with van der Waals surface area (Å²) < 4.78 is 62.5. The summed E-state index contributed by atoms with van der Waals surface area (Å²) in [6.07, 6.45) is 1.85. The van der Waals surface area contributed by atoms with Gasteiger partial charge in [-0.05, 0) is 36.1 Å². The van der Waals surface area contributed by atoms with E-state index >= 15 is 0 Å². The molecule has 1 aliphatic rings. The van der Waals surface area contributed by atoms with Gasteiger partial charge in [-0.25, -0.2) is 0 Å².